The molecule has 3 N–H and O–H groups in total. The first kappa shape index (κ1) is 26.5. The van der Waals surface area contributed by atoms with E-state index in [9.17, 15) is 20.1 Å². The Kier molecular flexibility index (Phi) is 6.44. The molecule has 0 aromatic rings. The molecule has 7 atom stereocenters. The second-order valence-electron chi connectivity index (χ2n) is 13.9. The highest BCUT2D eigenvalue weighted by atomic mass is 16.4. The van der Waals surface area contributed by atoms with Gasteiger partial charge in [0, 0.05) is 11.8 Å². The summed E-state index contributed by atoms with van der Waals surface area (Å²) in [6.07, 6.45) is 8.33. The predicted octanol–water partition coefficient (Wildman–Crippen LogP) is 7.45. The van der Waals surface area contributed by atoms with Crippen molar-refractivity contribution in [2.24, 2.45) is 45.3 Å². The molecule has 0 amide bonds. The van der Waals surface area contributed by atoms with E-state index in [1.165, 1.54) is 5.57 Å². The number of allylic oxidation sites excluding steroid dienone is 5. The average molecular weight is 485 g/mol. The summed E-state index contributed by atoms with van der Waals surface area (Å²) in [5, 5.41) is 32.7. The number of carboxylic acids is 1. The number of aliphatic hydroxyl groups excluding tert-OH is 2. The Morgan fingerprint density at radius 3 is 2.40 bits per heavy atom. The Hall–Kier alpha value is -1.55. The summed E-state index contributed by atoms with van der Waals surface area (Å²) >= 11 is 0. The van der Waals surface area contributed by atoms with Gasteiger partial charge in [0.1, 0.15) is 0 Å². The molecule has 0 aromatic carbocycles. The number of fused-ring (bicyclic) bond motifs is 5. The van der Waals surface area contributed by atoms with Gasteiger partial charge in [-0.1, -0.05) is 66.7 Å². The molecule has 0 saturated heterocycles. The number of rotatable bonds is 6. The zero-order valence-electron chi connectivity index (χ0n) is 23.1. The van der Waals surface area contributed by atoms with Crippen LogP contribution < -0.4 is 0 Å². The van der Waals surface area contributed by atoms with Crippen LogP contribution in [0, 0.1) is 45.3 Å². The molecule has 0 aliphatic heterocycles. The van der Waals surface area contributed by atoms with Crippen molar-refractivity contribution in [1.29, 1.82) is 0 Å². The van der Waals surface area contributed by atoms with Crippen molar-refractivity contribution in [3.8, 4) is 0 Å². The van der Waals surface area contributed by atoms with Gasteiger partial charge in [-0.2, -0.15) is 0 Å². The lowest BCUT2D eigenvalue weighted by atomic mass is 9.43. The summed E-state index contributed by atoms with van der Waals surface area (Å²) in [4.78, 5) is 12.5. The molecule has 2 fully saturated rings. The number of carboxylic acid groups (broad SMARTS) is 1. The van der Waals surface area contributed by atoms with Gasteiger partial charge in [0.25, 0.3) is 0 Å². The largest absolute Gasteiger partial charge is 0.512 e. The fraction of sp³-hybridized carbons (Fsp3) is 0.774. The van der Waals surface area contributed by atoms with Crippen molar-refractivity contribution in [1.82, 2.24) is 0 Å². The minimum atomic E-state index is -0.691. The SMILES string of the molecule is C=C(CCC(C(=O)O)[C@H]1CC[C@@]2(C)C3=C(O)C[C@H]4C(C)(C)[C@@H](O)CC[C@]4(C)C3=CC[C@]12C)C(C)C. The molecular weight excluding hydrogens is 436 g/mol. The fourth-order valence-corrected chi connectivity index (χ4v) is 8.86. The molecule has 4 aliphatic rings. The molecule has 0 aromatic heterocycles. The highest BCUT2D eigenvalue weighted by molar-refractivity contribution is 5.71. The van der Waals surface area contributed by atoms with E-state index in [1.807, 2.05) is 0 Å². The van der Waals surface area contributed by atoms with Crippen LogP contribution in [0.5, 0.6) is 0 Å². The molecular formula is C31H48O4. The molecule has 4 nitrogen and oxygen atoms in total. The molecule has 1 unspecified atom stereocenters. The van der Waals surface area contributed by atoms with E-state index in [4.69, 9.17) is 0 Å². The van der Waals surface area contributed by atoms with Crippen molar-refractivity contribution >= 4 is 5.97 Å². The molecule has 0 bridgehead atoms. The van der Waals surface area contributed by atoms with E-state index < -0.39 is 11.9 Å². The number of carbonyl (C=O) groups is 1. The average Bonchev–Trinajstić information content (AvgIpc) is 3.04. The van der Waals surface area contributed by atoms with Crippen LogP contribution in [0.1, 0.15) is 99.8 Å². The summed E-state index contributed by atoms with van der Waals surface area (Å²) in [7, 11) is 0. The zero-order chi connectivity index (χ0) is 26.1. The lowest BCUT2D eigenvalue weighted by Gasteiger charge is -2.61. The van der Waals surface area contributed by atoms with Crippen LogP contribution in [0.15, 0.2) is 35.1 Å². The van der Waals surface area contributed by atoms with Crippen LogP contribution >= 0.6 is 0 Å². The maximum absolute atomic E-state index is 12.5. The second kappa shape index (κ2) is 8.50. The Morgan fingerprint density at radius 1 is 1.14 bits per heavy atom. The van der Waals surface area contributed by atoms with Crippen molar-refractivity contribution in [3.63, 3.8) is 0 Å². The quantitative estimate of drug-likeness (QED) is 0.342. The van der Waals surface area contributed by atoms with Gasteiger partial charge in [0.05, 0.1) is 17.8 Å². The number of hydrogen-bond donors (Lipinski definition) is 3. The topological polar surface area (TPSA) is 77.8 Å². The summed E-state index contributed by atoms with van der Waals surface area (Å²) in [6.45, 7) is 19.7. The lowest BCUT2D eigenvalue weighted by Crippen LogP contribution is -2.55. The molecule has 0 radical (unpaired) electrons. The Balaban J connectivity index is 1.73. The standard InChI is InChI=1S/C31H48O4/c1-18(2)19(3)9-10-20(27(34)35)21-11-16-31(8)26-22(12-15-30(21,31)7)29(6)14-13-25(33)28(4,5)24(29)17-23(26)32/h12,18,20-21,24-25,32-33H,3,9-11,13-17H2,1-2,4-8H3,(H,34,35)/t20?,21-,24+,25+,29-,30-,31+/m1/s1. The van der Waals surface area contributed by atoms with Gasteiger partial charge in [0.15, 0.2) is 0 Å². The Labute approximate surface area is 212 Å². The van der Waals surface area contributed by atoms with E-state index in [-0.39, 0.29) is 39.6 Å². The van der Waals surface area contributed by atoms with Gasteiger partial charge < -0.3 is 15.3 Å². The lowest BCUT2D eigenvalue weighted by molar-refractivity contribution is -0.146. The third kappa shape index (κ3) is 3.68. The maximum Gasteiger partial charge on any atom is 0.306 e. The number of hydrogen-bond acceptors (Lipinski definition) is 3. The van der Waals surface area contributed by atoms with Crippen molar-refractivity contribution < 1.29 is 20.1 Å². The molecule has 4 heteroatoms. The first-order valence-corrected chi connectivity index (χ1v) is 13.8. The maximum atomic E-state index is 12.5. The van der Waals surface area contributed by atoms with Crippen LogP contribution in [0.2, 0.25) is 0 Å². The zero-order valence-corrected chi connectivity index (χ0v) is 23.1. The van der Waals surface area contributed by atoms with Crippen LogP contribution in [0.4, 0.5) is 0 Å². The summed E-state index contributed by atoms with van der Waals surface area (Å²) in [5.74, 6) is 0.0145. The minimum Gasteiger partial charge on any atom is -0.512 e. The van der Waals surface area contributed by atoms with Crippen molar-refractivity contribution in [2.45, 2.75) is 106 Å². The van der Waals surface area contributed by atoms with E-state index >= 15 is 0 Å². The Bertz CT molecular complexity index is 970. The van der Waals surface area contributed by atoms with Gasteiger partial charge in [-0.05, 0) is 90.1 Å². The first-order chi connectivity index (χ1) is 16.1. The summed E-state index contributed by atoms with van der Waals surface area (Å²) < 4.78 is 0. The van der Waals surface area contributed by atoms with E-state index in [1.54, 1.807) is 0 Å². The Morgan fingerprint density at radius 2 is 1.80 bits per heavy atom. The summed E-state index contributed by atoms with van der Waals surface area (Å²) in [6, 6.07) is 0. The van der Waals surface area contributed by atoms with Gasteiger partial charge >= 0.3 is 5.97 Å². The number of aliphatic hydroxyl groups is 2. The van der Waals surface area contributed by atoms with Gasteiger partial charge in [-0.15, -0.1) is 0 Å². The molecule has 4 rings (SSSR count). The van der Waals surface area contributed by atoms with Gasteiger partial charge in [-0.3, -0.25) is 4.79 Å². The second-order valence-corrected chi connectivity index (χ2v) is 13.9. The number of aliphatic carboxylic acids is 1. The van der Waals surface area contributed by atoms with E-state index in [0.29, 0.717) is 24.5 Å². The summed E-state index contributed by atoms with van der Waals surface area (Å²) in [5.41, 5.74) is 2.72. The van der Waals surface area contributed by atoms with Crippen LogP contribution in [-0.4, -0.2) is 27.4 Å². The molecule has 0 spiro atoms. The predicted molar refractivity (Wildman–Crippen MR) is 141 cm³/mol. The highest BCUT2D eigenvalue weighted by Gasteiger charge is 2.65. The molecule has 0 heterocycles. The third-order valence-electron chi connectivity index (χ3n) is 11.7. The van der Waals surface area contributed by atoms with Crippen molar-refractivity contribution in [2.75, 3.05) is 0 Å². The van der Waals surface area contributed by atoms with Crippen molar-refractivity contribution in [3.05, 3.63) is 35.1 Å². The fourth-order valence-electron chi connectivity index (χ4n) is 8.86. The van der Waals surface area contributed by atoms with Crippen LogP contribution in [0.3, 0.4) is 0 Å². The van der Waals surface area contributed by atoms with E-state index in [2.05, 4.69) is 61.1 Å². The first-order valence-electron chi connectivity index (χ1n) is 13.8. The smallest absolute Gasteiger partial charge is 0.306 e. The molecule has 35 heavy (non-hydrogen) atoms. The van der Waals surface area contributed by atoms with Gasteiger partial charge in [-0.25, -0.2) is 0 Å². The third-order valence-corrected chi connectivity index (χ3v) is 11.7. The molecule has 196 valence electrons. The van der Waals surface area contributed by atoms with Crippen LogP contribution in [-0.2, 0) is 4.79 Å². The monoisotopic (exact) mass is 484 g/mol. The minimum absolute atomic E-state index is 0.0678. The molecule has 4 aliphatic carbocycles. The van der Waals surface area contributed by atoms with E-state index in [0.717, 1.165) is 49.7 Å². The normalized spacial score (nSPS) is 41.1. The van der Waals surface area contributed by atoms with Crippen LogP contribution in [0.25, 0.3) is 0 Å². The molecule has 2 saturated carbocycles. The van der Waals surface area contributed by atoms with Gasteiger partial charge in [0.2, 0.25) is 0 Å². The highest BCUT2D eigenvalue weighted by Crippen LogP contribution is 2.72.